The molecule has 3 rings (SSSR count). The van der Waals surface area contributed by atoms with Crippen LogP contribution in [-0.2, 0) is 11.2 Å². The molecule has 2 N–H and O–H groups in total. The molecule has 0 aliphatic carbocycles. The summed E-state index contributed by atoms with van der Waals surface area (Å²) >= 11 is 13.6. The Morgan fingerprint density at radius 1 is 1.38 bits per heavy atom. The fourth-order valence-electron chi connectivity index (χ4n) is 2.44. The highest BCUT2D eigenvalue weighted by Crippen LogP contribution is 2.32. The normalized spacial score (nSPS) is 14.3. The van der Waals surface area contributed by atoms with Crippen LogP contribution in [0.5, 0.6) is 0 Å². The second-order valence-electron chi connectivity index (χ2n) is 5.54. The van der Waals surface area contributed by atoms with Crippen molar-refractivity contribution < 1.29 is 4.79 Å². The van der Waals surface area contributed by atoms with E-state index in [0.29, 0.717) is 16.6 Å². The number of benzene rings is 1. The Balaban J connectivity index is 1.59. The number of amides is 1. The van der Waals surface area contributed by atoms with Crippen LogP contribution < -0.4 is 10.6 Å². The number of hydrogen-bond acceptors (Lipinski definition) is 4. The van der Waals surface area contributed by atoms with Crippen molar-refractivity contribution in [3.63, 3.8) is 0 Å². The van der Waals surface area contributed by atoms with Gasteiger partial charge in [0.25, 0.3) is 0 Å². The van der Waals surface area contributed by atoms with Gasteiger partial charge in [0.1, 0.15) is 5.01 Å². The smallest absolute Gasteiger partial charge is 0.226 e. The highest BCUT2D eigenvalue weighted by atomic mass is 35.5. The van der Waals surface area contributed by atoms with Gasteiger partial charge in [0.15, 0.2) is 0 Å². The number of hydrogen-bond donors (Lipinski definition) is 2. The lowest BCUT2D eigenvalue weighted by atomic mass is 10.1. The second-order valence-corrected chi connectivity index (χ2v) is 7.24. The van der Waals surface area contributed by atoms with E-state index in [0.717, 1.165) is 35.8 Å². The molecule has 0 saturated carbocycles. The number of aromatic nitrogens is 1. The van der Waals surface area contributed by atoms with Gasteiger partial charge >= 0.3 is 0 Å². The van der Waals surface area contributed by atoms with E-state index in [9.17, 15) is 4.79 Å². The van der Waals surface area contributed by atoms with E-state index in [1.807, 2.05) is 11.4 Å². The number of halogens is 2. The quantitative estimate of drug-likeness (QED) is 0.776. The van der Waals surface area contributed by atoms with Crippen molar-refractivity contribution in [2.45, 2.75) is 12.8 Å². The molecule has 4 nitrogen and oxygen atoms in total. The largest absolute Gasteiger partial charge is 0.352 e. The zero-order valence-corrected chi connectivity index (χ0v) is 15.3. The number of thiazole rings is 1. The molecule has 24 heavy (non-hydrogen) atoms. The Morgan fingerprint density at radius 3 is 3.00 bits per heavy atom. The first-order valence-corrected chi connectivity index (χ1v) is 9.30. The molecule has 1 amide bonds. The van der Waals surface area contributed by atoms with Crippen LogP contribution in [0, 0.1) is 0 Å². The molecule has 0 saturated heterocycles. The van der Waals surface area contributed by atoms with E-state index in [2.05, 4.69) is 21.7 Å². The average Bonchev–Trinajstić information content (AvgIpc) is 3.02. The van der Waals surface area contributed by atoms with Crippen molar-refractivity contribution in [3.8, 4) is 10.6 Å². The summed E-state index contributed by atoms with van der Waals surface area (Å²) in [5.41, 5.74) is 2.85. The molecule has 1 aliphatic heterocycles. The highest BCUT2D eigenvalue weighted by molar-refractivity contribution is 7.13. The third-order valence-corrected chi connectivity index (χ3v) is 5.20. The third-order valence-electron chi connectivity index (χ3n) is 3.73. The zero-order chi connectivity index (χ0) is 16.9. The molecule has 1 aromatic heterocycles. The number of carbonyl (C=O) groups is 1. The van der Waals surface area contributed by atoms with Gasteiger partial charge in [-0.2, -0.15) is 0 Å². The SMILES string of the molecule is O=C(Cc1csc(-c2ccc(Cl)cc2Cl)n1)NCC1=CCNCC1. The van der Waals surface area contributed by atoms with Crippen LogP contribution in [0.4, 0.5) is 0 Å². The first-order valence-electron chi connectivity index (χ1n) is 7.67. The van der Waals surface area contributed by atoms with Crippen LogP contribution in [-0.4, -0.2) is 30.5 Å². The molecular weight excluding hydrogens is 365 g/mol. The van der Waals surface area contributed by atoms with E-state index in [1.165, 1.54) is 16.9 Å². The molecule has 0 radical (unpaired) electrons. The average molecular weight is 382 g/mol. The fourth-order valence-corrected chi connectivity index (χ4v) is 3.86. The number of rotatable bonds is 5. The third kappa shape index (κ3) is 4.57. The van der Waals surface area contributed by atoms with E-state index in [4.69, 9.17) is 23.2 Å². The van der Waals surface area contributed by atoms with Crippen LogP contribution in [0.15, 0.2) is 35.2 Å². The van der Waals surface area contributed by atoms with Crippen molar-refractivity contribution in [3.05, 3.63) is 51.0 Å². The van der Waals surface area contributed by atoms with Crippen molar-refractivity contribution in [2.75, 3.05) is 19.6 Å². The molecule has 0 fully saturated rings. The number of carbonyl (C=O) groups excluding carboxylic acids is 1. The van der Waals surface area contributed by atoms with E-state index in [-0.39, 0.29) is 12.3 Å². The fraction of sp³-hybridized carbons (Fsp3) is 0.294. The van der Waals surface area contributed by atoms with Gasteiger partial charge in [-0.15, -0.1) is 11.3 Å². The van der Waals surface area contributed by atoms with Crippen LogP contribution in [0.25, 0.3) is 10.6 Å². The molecule has 126 valence electrons. The summed E-state index contributed by atoms with van der Waals surface area (Å²) in [7, 11) is 0. The van der Waals surface area contributed by atoms with Crippen LogP contribution in [0.2, 0.25) is 10.0 Å². The summed E-state index contributed by atoms with van der Waals surface area (Å²) in [5, 5.41) is 10.0. The standard InChI is InChI=1S/C17H17Cl2N3OS/c18-12-1-2-14(15(19)7-12)17-22-13(10-24-17)8-16(23)21-9-11-3-5-20-6-4-11/h1-3,7,10,20H,4-6,8-9H2,(H,21,23). The van der Waals surface area contributed by atoms with Gasteiger partial charge in [-0.1, -0.05) is 34.9 Å². The molecule has 0 spiro atoms. The summed E-state index contributed by atoms with van der Waals surface area (Å²) in [6.45, 7) is 2.46. The first-order chi connectivity index (χ1) is 11.6. The Kier molecular flexibility index (Phi) is 5.89. The lowest BCUT2D eigenvalue weighted by Gasteiger charge is -2.14. The molecule has 0 atom stereocenters. The molecule has 1 aromatic carbocycles. The van der Waals surface area contributed by atoms with Gasteiger partial charge in [-0.3, -0.25) is 4.79 Å². The van der Waals surface area contributed by atoms with Crippen molar-refractivity contribution in [1.82, 2.24) is 15.6 Å². The minimum absolute atomic E-state index is 0.0199. The minimum atomic E-state index is -0.0199. The van der Waals surface area contributed by atoms with Crippen LogP contribution in [0.3, 0.4) is 0 Å². The molecule has 1 aliphatic rings. The minimum Gasteiger partial charge on any atom is -0.352 e. The predicted molar refractivity (Wildman–Crippen MR) is 99.9 cm³/mol. The van der Waals surface area contributed by atoms with Crippen molar-refractivity contribution in [2.24, 2.45) is 0 Å². The molecule has 2 heterocycles. The van der Waals surface area contributed by atoms with Gasteiger partial charge in [0, 0.05) is 29.1 Å². The Bertz CT molecular complexity index is 773. The highest BCUT2D eigenvalue weighted by Gasteiger charge is 2.12. The number of nitrogens with one attached hydrogen (secondary N) is 2. The van der Waals surface area contributed by atoms with Crippen LogP contribution >= 0.6 is 34.5 Å². The van der Waals surface area contributed by atoms with Gasteiger partial charge in [-0.05, 0) is 31.2 Å². The van der Waals surface area contributed by atoms with Crippen molar-refractivity contribution in [1.29, 1.82) is 0 Å². The summed E-state index contributed by atoms with van der Waals surface area (Å²) < 4.78 is 0. The van der Waals surface area contributed by atoms with E-state index >= 15 is 0 Å². The Labute approximate surface area is 154 Å². The molecule has 2 aromatic rings. The monoisotopic (exact) mass is 381 g/mol. The molecule has 7 heteroatoms. The lowest BCUT2D eigenvalue weighted by molar-refractivity contribution is -0.120. The maximum Gasteiger partial charge on any atom is 0.226 e. The van der Waals surface area contributed by atoms with Crippen LogP contribution in [0.1, 0.15) is 12.1 Å². The Morgan fingerprint density at radius 2 is 2.25 bits per heavy atom. The molecule has 0 bridgehead atoms. The van der Waals surface area contributed by atoms with Gasteiger partial charge < -0.3 is 10.6 Å². The summed E-state index contributed by atoms with van der Waals surface area (Å²) in [6.07, 6.45) is 3.39. The number of nitrogens with zero attached hydrogens (tertiary/aromatic N) is 1. The van der Waals surface area contributed by atoms with Gasteiger partial charge in [-0.25, -0.2) is 4.98 Å². The first kappa shape index (κ1) is 17.4. The zero-order valence-electron chi connectivity index (χ0n) is 12.9. The van der Waals surface area contributed by atoms with Gasteiger partial charge in [0.05, 0.1) is 17.1 Å². The summed E-state index contributed by atoms with van der Waals surface area (Å²) in [6, 6.07) is 5.32. The summed E-state index contributed by atoms with van der Waals surface area (Å²) in [4.78, 5) is 16.6. The lowest BCUT2D eigenvalue weighted by Crippen LogP contribution is -2.30. The topological polar surface area (TPSA) is 54.0 Å². The molecular formula is C17H17Cl2N3OS. The molecule has 0 unspecified atom stereocenters. The van der Waals surface area contributed by atoms with Crippen molar-refractivity contribution >= 4 is 40.4 Å². The predicted octanol–water partition coefficient (Wildman–Crippen LogP) is 3.70. The van der Waals surface area contributed by atoms with Gasteiger partial charge in [0.2, 0.25) is 5.91 Å². The maximum atomic E-state index is 12.1. The second kappa shape index (κ2) is 8.12. The van der Waals surface area contributed by atoms with E-state index < -0.39 is 0 Å². The Hall–Kier alpha value is -1.40. The maximum absolute atomic E-state index is 12.1. The summed E-state index contributed by atoms with van der Waals surface area (Å²) in [5.74, 6) is -0.0199. The van der Waals surface area contributed by atoms with E-state index in [1.54, 1.807) is 12.1 Å².